The topological polar surface area (TPSA) is 113 Å². The summed E-state index contributed by atoms with van der Waals surface area (Å²) >= 11 is 0. The summed E-state index contributed by atoms with van der Waals surface area (Å²) in [5.74, 6) is -1.25. The van der Waals surface area contributed by atoms with E-state index in [1.54, 1.807) is 72.8 Å². The standard InChI is InChI=1S/C31H27FN2O6S/c32-25-6-3-5-23(19-25)22-10-14-27(15-11-22)41(38,39)34-28-7-2-1-4-24(28)20-29(34)31(37)33-16-17-40-26-12-8-21(9-13-26)18-30(35)36/h1-15,19,29H,16-18,20H2,(H,33,37)(H,35,36)/t29-/m0/s1. The van der Waals surface area contributed by atoms with Crippen molar-refractivity contribution < 1.29 is 32.2 Å². The summed E-state index contributed by atoms with van der Waals surface area (Å²) in [4.78, 5) is 24.1. The van der Waals surface area contributed by atoms with Crippen LogP contribution in [0.2, 0.25) is 0 Å². The summed E-state index contributed by atoms with van der Waals surface area (Å²) in [5, 5.41) is 11.7. The maximum atomic E-state index is 13.8. The van der Waals surface area contributed by atoms with Crippen LogP contribution in [0.25, 0.3) is 11.1 Å². The van der Waals surface area contributed by atoms with Crippen molar-refractivity contribution in [3.05, 3.63) is 114 Å². The quantitative estimate of drug-likeness (QED) is 0.271. The van der Waals surface area contributed by atoms with Gasteiger partial charge >= 0.3 is 5.97 Å². The average molecular weight is 575 g/mol. The third-order valence-corrected chi connectivity index (χ3v) is 8.58. The molecule has 0 aromatic heterocycles. The van der Waals surface area contributed by atoms with E-state index in [1.807, 2.05) is 0 Å². The van der Waals surface area contributed by atoms with Crippen LogP contribution in [-0.2, 0) is 32.5 Å². The van der Waals surface area contributed by atoms with Gasteiger partial charge in [-0.15, -0.1) is 0 Å². The fourth-order valence-electron chi connectivity index (χ4n) is 4.79. The van der Waals surface area contributed by atoms with Gasteiger partial charge in [-0.25, -0.2) is 12.8 Å². The number of para-hydroxylation sites is 1. The number of carbonyl (C=O) groups is 2. The number of carboxylic acid groups (broad SMARTS) is 1. The molecule has 0 radical (unpaired) electrons. The Balaban J connectivity index is 1.28. The van der Waals surface area contributed by atoms with Gasteiger partial charge in [-0.3, -0.25) is 13.9 Å². The van der Waals surface area contributed by atoms with Crippen molar-refractivity contribution in [2.24, 2.45) is 0 Å². The van der Waals surface area contributed by atoms with E-state index in [2.05, 4.69) is 5.32 Å². The molecule has 0 unspecified atom stereocenters. The lowest BCUT2D eigenvalue weighted by Gasteiger charge is -2.26. The number of benzene rings is 4. The van der Waals surface area contributed by atoms with Crippen molar-refractivity contribution in [1.82, 2.24) is 5.32 Å². The molecule has 1 aliphatic rings. The number of sulfonamides is 1. The first-order chi connectivity index (χ1) is 19.7. The van der Waals surface area contributed by atoms with Gasteiger partial charge in [-0.05, 0) is 64.7 Å². The van der Waals surface area contributed by atoms with Crippen LogP contribution in [0.4, 0.5) is 10.1 Å². The predicted molar refractivity (Wildman–Crippen MR) is 152 cm³/mol. The van der Waals surface area contributed by atoms with Gasteiger partial charge in [0, 0.05) is 6.42 Å². The minimum absolute atomic E-state index is 0.0156. The van der Waals surface area contributed by atoms with Crippen molar-refractivity contribution in [2.75, 3.05) is 17.5 Å². The van der Waals surface area contributed by atoms with Gasteiger partial charge in [-0.1, -0.05) is 54.6 Å². The number of hydrogen-bond acceptors (Lipinski definition) is 5. The number of halogens is 1. The Kier molecular flexibility index (Phi) is 8.02. The maximum Gasteiger partial charge on any atom is 0.307 e. The zero-order valence-corrected chi connectivity index (χ0v) is 22.7. The van der Waals surface area contributed by atoms with Gasteiger partial charge in [0.2, 0.25) is 5.91 Å². The molecule has 1 atom stereocenters. The van der Waals surface area contributed by atoms with Gasteiger partial charge < -0.3 is 15.2 Å². The van der Waals surface area contributed by atoms with Gasteiger partial charge in [0.25, 0.3) is 10.0 Å². The minimum Gasteiger partial charge on any atom is -0.492 e. The second-order valence-corrected chi connectivity index (χ2v) is 11.4. The molecule has 8 nitrogen and oxygen atoms in total. The summed E-state index contributed by atoms with van der Waals surface area (Å²) in [6.45, 7) is 0.275. The molecule has 1 aliphatic heterocycles. The van der Waals surface area contributed by atoms with Crippen molar-refractivity contribution in [2.45, 2.75) is 23.8 Å². The molecule has 0 spiro atoms. The minimum atomic E-state index is -4.11. The molecule has 1 amide bonds. The van der Waals surface area contributed by atoms with Gasteiger partial charge in [0.15, 0.2) is 0 Å². The molecule has 10 heteroatoms. The molecular formula is C31H27FN2O6S. The Hall–Kier alpha value is -4.70. The zero-order valence-electron chi connectivity index (χ0n) is 21.9. The fraction of sp³-hybridized carbons (Fsp3) is 0.161. The number of hydrogen-bond donors (Lipinski definition) is 2. The number of aliphatic carboxylic acids is 1. The number of amides is 1. The third kappa shape index (κ3) is 6.22. The van der Waals surface area contributed by atoms with Crippen molar-refractivity contribution in [1.29, 1.82) is 0 Å². The first kappa shape index (κ1) is 27.9. The number of ether oxygens (including phenoxy) is 1. The Morgan fingerprint density at radius 1 is 0.927 bits per heavy atom. The largest absolute Gasteiger partial charge is 0.492 e. The molecule has 0 saturated carbocycles. The van der Waals surface area contributed by atoms with E-state index >= 15 is 0 Å². The molecule has 0 aliphatic carbocycles. The lowest BCUT2D eigenvalue weighted by atomic mass is 10.1. The van der Waals surface area contributed by atoms with E-state index in [1.165, 1.54) is 24.3 Å². The van der Waals surface area contributed by atoms with Crippen LogP contribution < -0.4 is 14.4 Å². The highest BCUT2D eigenvalue weighted by molar-refractivity contribution is 7.93. The number of carbonyl (C=O) groups excluding carboxylic acids is 1. The number of nitrogens with one attached hydrogen (secondary N) is 1. The third-order valence-electron chi connectivity index (χ3n) is 6.75. The fourth-order valence-corrected chi connectivity index (χ4v) is 6.44. The van der Waals surface area contributed by atoms with E-state index in [9.17, 15) is 22.4 Å². The van der Waals surface area contributed by atoms with Crippen LogP contribution in [0.5, 0.6) is 5.75 Å². The van der Waals surface area contributed by atoms with Gasteiger partial charge in [-0.2, -0.15) is 0 Å². The van der Waals surface area contributed by atoms with Crippen LogP contribution in [-0.4, -0.2) is 44.6 Å². The SMILES string of the molecule is O=C(O)Cc1ccc(OCCNC(=O)[C@@H]2Cc3ccccc3N2S(=O)(=O)c2ccc(-c3cccc(F)c3)cc2)cc1. The molecule has 0 bridgehead atoms. The number of fused-ring (bicyclic) bond motifs is 1. The lowest BCUT2D eigenvalue weighted by molar-refractivity contribution is -0.136. The Bertz CT molecular complexity index is 1670. The van der Waals surface area contributed by atoms with Gasteiger partial charge in [0.1, 0.15) is 24.2 Å². The van der Waals surface area contributed by atoms with Gasteiger partial charge in [0.05, 0.1) is 23.5 Å². The van der Waals surface area contributed by atoms with Crippen LogP contribution in [0.3, 0.4) is 0 Å². The highest BCUT2D eigenvalue weighted by Crippen LogP contribution is 2.37. The van der Waals surface area contributed by atoms with E-state index in [0.29, 0.717) is 28.1 Å². The summed E-state index contributed by atoms with van der Waals surface area (Å²) in [7, 11) is -4.11. The highest BCUT2D eigenvalue weighted by Gasteiger charge is 2.42. The smallest absolute Gasteiger partial charge is 0.307 e. The van der Waals surface area contributed by atoms with Crippen molar-refractivity contribution >= 4 is 27.6 Å². The van der Waals surface area contributed by atoms with Crippen molar-refractivity contribution in [3.8, 4) is 16.9 Å². The normalized spacial score (nSPS) is 14.4. The molecule has 41 heavy (non-hydrogen) atoms. The van der Waals surface area contributed by atoms with E-state index in [-0.39, 0.29) is 36.7 Å². The van der Waals surface area contributed by atoms with Crippen molar-refractivity contribution in [3.63, 3.8) is 0 Å². The lowest BCUT2D eigenvalue weighted by Crippen LogP contribution is -2.48. The van der Waals surface area contributed by atoms with Crippen LogP contribution in [0.1, 0.15) is 11.1 Å². The summed E-state index contributed by atoms with van der Waals surface area (Å²) in [6.07, 6.45) is 0.130. The highest BCUT2D eigenvalue weighted by atomic mass is 32.2. The average Bonchev–Trinajstić information content (AvgIpc) is 3.37. The number of anilines is 1. The molecule has 5 rings (SSSR count). The Morgan fingerprint density at radius 3 is 2.37 bits per heavy atom. The summed E-state index contributed by atoms with van der Waals surface area (Å²) in [5.41, 5.74) is 3.11. The number of rotatable bonds is 10. The monoisotopic (exact) mass is 574 g/mol. The molecular weight excluding hydrogens is 547 g/mol. The zero-order chi connectivity index (χ0) is 29.0. The molecule has 1 heterocycles. The van der Waals surface area contributed by atoms with Crippen LogP contribution in [0, 0.1) is 5.82 Å². The number of nitrogens with zero attached hydrogens (tertiary/aromatic N) is 1. The number of carboxylic acids is 1. The predicted octanol–water partition coefficient (Wildman–Crippen LogP) is 4.44. The molecule has 2 N–H and O–H groups in total. The second-order valence-electron chi connectivity index (χ2n) is 9.54. The Morgan fingerprint density at radius 2 is 1.66 bits per heavy atom. The Labute approximate surface area is 237 Å². The maximum absolute atomic E-state index is 13.8. The molecule has 0 saturated heterocycles. The molecule has 4 aromatic carbocycles. The summed E-state index contributed by atoms with van der Waals surface area (Å²) in [6, 6.07) is 24.8. The molecule has 210 valence electrons. The molecule has 0 fully saturated rings. The van der Waals surface area contributed by atoms with Crippen LogP contribution >= 0.6 is 0 Å². The second kappa shape index (κ2) is 11.8. The summed E-state index contributed by atoms with van der Waals surface area (Å²) < 4.78 is 48.2. The first-order valence-electron chi connectivity index (χ1n) is 12.9. The molecule has 4 aromatic rings. The van der Waals surface area contributed by atoms with E-state index in [0.717, 1.165) is 9.87 Å². The van der Waals surface area contributed by atoms with Crippen LogP contribution in [0.15, 0.2) is 102 Å². The van der Waals surface area contributed by atoms with E-state index < -0.39 is 27.9 Å². The van der Waals surface area contributed by atoms with E-state index in [4.69, 9.17) is 9.84 Å². The first-order valence-corrected chi connectivity index (χ1v) is 14.4.